The third-order valence-corrected chi connectivity index (χ3v) is 4.32. The zero-order chi connectivity index (χ0) is 16.8. The Hall–Kier alpha value is -2.57. The number of benzene rings is 1. The van der Waals surface area contributed by atoms with Crippen molar-refractivity contribution in [2.45, 2.75) is 38.6 Å². The number of para-hydroxylation sites is 1. The molecule has 7 heteroatoms. The third-order valence-electron chi connectivity index (χ3n) is 4.32. The van der Waals surface area contributed by atoms with Crippen LogP contribution in [0.2, 0.25) is 0 Å². The first kappa shape index (κ1) is 15.3. The molecule has 1 aromatic carbocycles. The van der Waals surface area contributed by atoms with Crippen LogP contribution in [0.3, 0.4) is 0 Å². The Labute approximate surface area is 131 Å². The van der Waals surface area contributed by atoms with E-state index in [2.05, 4.69) is 10.3 Å². The van der Waals surface area contributed by atoms with Crippen LogP contribution in [0.25, 0.3) is 10.9 Å². The zero-order valence-electron chi connectivity index (χ0n) is 12.9. The Morgan fingerprint density at radius 2 is 2.04 bits per heavy atom. The molecule has 0 bridgehead atoms. The van der Waals surface area contributed by atoms with E-state index >= 15 is 0 Å². The van der Waals surface area contributed by atoms with Crippen LogP contribution in [0.5, 0.6) is 0 Å². The number of amides is 2. The number of nitrogens with one attached hydrogen (secondary N) is 1. The molecule has 1 fully saturated rings. The standard InChI is InChI=1S/C16H16FN3O3/c1-9-18-13-10(5-3-6-11(13)17)14(22)20(9)16(2)8-4-7-12(21)19-15(16)23/h3,5-6H,4,7-8H2,1-2H3,(H,19,21,23). The van der Waals surface area contributed by atoms with Crippen LogP contribution in [0.4, 0.5) is 4.39 Å². The average Bonchev–Trinajstić information content (AvgIpc) is 2.60. The maximum atomic E-state index is 13.9. The van der Waals surface area contributed by atoms with E-state index in [1.165, 1.54) is 22.8 Å². The Morgan fingerprint density at radius 3 is 2.78 bits per heavy atom. The highest BCUT2D eigenvalue weighted by atomic mass is 19.1. The van der Waals surface area contributed by atoms with Crippen LogP contribution in [0, 0.1) is 12.7 Å². The highest BCUT2D eigenvalue weighted by Gasteiger charge is 2.40. The number of aromatic nitrogens is 2. The van der Waals surface area contributed by atoms with Gasteiger partial charge in [-0.25, -0.2) is 9.37 Å². The van der Waals surface area contributed by atoms with Crippen LogP contribution in [-0.4, -0.2) is 21.4 Å². The molecule has 1 aliphatic heterocycles. The topological polar surface area (TPSA) is 81.1 Å². The SMILES string of the molecule is Cc1nc2c(F)cccc2c(=O)n1C1(C)CCCC(=O)NC1=O. The molecule has 1 aliphatic rings. The summed E-state index contributed by atoms with van der Waals surface area (Å²) < 4.78 is 15.1. The summed E-state index contributed by atoms with van der Waals surface area (Å²) in [5.74, 6) is -1.24. The van der Waals surface area contributed by atoms with Crippen molar-refractivity contribution in [3.05, 3.63) is 40.2 Å². The van der Waals surface area contributed by atoms with Crippen LogP contribution in [0.1, 0.15) is 32.0 Å². The van der Waals surface area contributed by atoms with Gasteiger partial charge in [0.15, 0.2) is 0 Å². The summed E-state index contributed by atoms with van der Waals surface area (Å²) in [7, 11) is 0. The minimum atomic E-state index is -1.24. The first-order chi connectivity index (χ1) is 10.8. The number of nitrogens with zero attached hydrogens (tertiary/aromatic N) is 2. The first-order valence-corrected chi connectivity index (χ1v) is 7.37. The largest absolute Gasteiger partial charge is 0.294 e. The predicted octanol–water partition coefficient (Wildman–Crippen LogP) is 1.39. The number of aryl methyl sites for hydroxylation is 1. The molecule has 23 heavy (non-hydrogen) atoms. The summed E-state index contributed by atoms with van der Waals surface area (Å²) in [5.41, 5.74) is -1.74. The molecule has 0 spiro atoms. The Morgan fingerprint density at radius 1 is 1.30 bits per heavy atom. The van der Waals surface area contributed by atoms with Crippen LogP contribution in [-0.2, 0) is 15.1 Å². The fourth-order valence-electron chi connectivity index (χ4n) is 3.11. The lowest BCUT2D eigenvalue weighted by molar-refractivity contribution is -0.134. The average molecular weight is 317 g/mol. The second kappa shape index (κ2) is 5.26. The fourth-order valence-corrected chi connectivity index (χ4v) is 3.11. The van der Waals surface area contributed by atoms with Gasteiger partial charge in [-0.05, 0) is 38.8 Å². The number of carbonyl (C=O) groups excluding carboxylic acids is 2. The van der Waals surface area contributed by atoms with Crippen molar-refractivity contribution in [2.24, 2.45) is 0 Å². The van der Waals surface area contributed by atoms with Gasteiger partial charge < -0.3 is 0 Å². The monoisotopic (exact) mass is 317 g/mol. The zero-order valence-corrected chi connectivity index (χ0v) is 12.9. The lowest BCUT2D eigenvalue weighted by Crippen LogP contribution is -2.51. The van der Waals surface area contributed by atoms with Gasteiger partial charge in [0.1, 0.15) is 22.7 Å². The molecule has 3 rings (SSSR count). The molecule has 0 aliphatic carbocycles. The Kier molecular flexibility index (Phi) is 3.50. The maximum Gasteiger partial charge on any atom is 0.262 e. The second-order valence-electron chi connectivity index (χ2n) is 5.94. The summed E-state index contributed by atoms with van der Waals surface area (Å²) in [5, 5.41) is 2.42. The van der Waals surface area contributed by atoms with Crippen molar-refractivity contribution in [3.63, 3.8) is 0 Å². The van der Waals surface area contributed by atoms with Crippen LogP contribution >= 0.6 is 0 Å². The molecular formula is C16H16FN3O3. The normalized spacial score (nSPS) is 22.0. The summed E-state index contributed by atoms with van der Waals surface area (Å²) in [4.78, 5) is 41.0. The molecule has 0 radical (unpaired) electrons. The first-order valence-electron chi connectivity index (χ1n) is 7.37. The number of hydrogen-bond acceptors (Lipinski definition) is 4. The number of hydrogen-bond donors (Lipinski definition) is 1. The minimum absolute atomic E-state index is 0.0139. The third kappa shape index (κ3) is 2.32. The van der Waals surface area contributed by atoms with Gasteiger partial charge in [-0.15, -0.1) is 0 Å². The lowest BCUT2D eigenvalue weighted by Gasteiger charge is -2.30. The molecule has 2 amide bonds. The summed E-state index contributed by atoms with van der Waals surface area (Å²) in [6, 6.07) is 4.14. The number of halogens is 1. The molecule has 0 saturated carbocycles. The smallest absolute Gasteiger partial charge is 0.262 e. The van der Waals surface area contributed by atoms with Gasteiger partial charge in [0, 0.05) is 6.42 Å². The van der Waals surface area contributed by atoms with Gasteiger partial charge in [0.2, 0.25) is 5.91 Å². The number of rotatable bonds is 1. The highest BCUT2D eigenvalue weighted by molar-refractivity contribution is 5.99. The van der Waals surface area contributed by atoms with E-state index in [1.807, 2.05) is 0 Å². The second-order valence-corrected chi connectivity index (χ2v) is 5.94. The van der Waals surface area contributed by atoms with E-state index < -0.39 is 22.8 Å². The van der Waals surface area contributed by atoms with E-state index in [1.54, 1.807) is 13.8 Å². The van der Waals surface area contributed by atoms with Crippen molar-refractivity contribution in [3.8, 4) is 0 Å². The molecular weight excluding hydrogens is 301 g/mol. The van der Waals surface area contributed by atoms with E-state index in [4.69, 9.17) is 0 Å². The van der Waals surface area contributed by atoms with Crippen molar-refractivity contribution in [1.82, 2.24) is 14.9 Å². The molecule has 1 aromatic heterocycles. The molecule has 1 N–H and O–H groups in total. The van der Waals surface area contributed by atoms with E-state index in [0.29, 0.717) is 12.8 Å². The number of fused-ring (bicyclic) bond motifs is 1. The Bertz CT molecular complexity index is 890. The molecule has 1 unspecified atom stereocenters. The molecule has 1 saturated heterocycles. The van der Waals surface area contributed by atoms with Crippen LogP contribution in [0.15, 0.2) is 23.0 Å². The summed E-state index contributed by atoms with van der Waals surface area (Å²) in [6.45, 7) is 3.15. The summed E-state index contributed by atoms with van der Waals surface area (Å²) >= 11 is 0. The number of carbonyl (C=O) groups is 2. The summed E-state index contributed by atoms with van der Waals surface area (Å²) in [6.07, 6.45) is 1.03. The molecule has 2 aromatic rings. The molecule has 6 nitrogen and oxygen atoms in total. The van der Waals surface area contributed by atoms with E-state index in [0.717, 1.165) is 0 Å². The highest BCUT2D eigenvalue weighted by Crippen LogP contribution is 2.27. The molecule has 2 heterocycles. The fraction of sp³-hybridized carbons (Fsp3) is 0.375. The van der Waals surface area contributed by atoms with Gasteiger partial charge in [-0.3, -0.25) is 24.3 Å². The van der Waals surface area contributed by atoms with Crippen molar-refractivity contribution < 1.29 is 14.0 Å². The van der Waals surface area contributed by atoms with E-state index in [-0.39, 0.29) is 29.1 Å². The van der Waals surface area contributed by atoms with Gasteiger partial charge in [0.25, 0.3) is 11.5 Å². The van der Waals surface area contributed by atoms with Gasteiger partial charge in [-0.2, -0.15) is 0 Å². The van der Waals surface area contributed by atoms with Gasteiger partial charge in [-0.1, -0.05) is 6.07 Å². The van der Waals surface area contributed by atoms with Crippen molar-refractivity contribution in [1.29, 1.82) is 0 Å². The molecule has 1 atom stereocenters. The van der Waals surface area contributed by atoms with Crippen molar-refractivity contribution >= 4 is 22.7 Å². The van der Waals surface area contributed by atoms with Gasteiger partial charge in [0.05, 0.1) is 5.39 Å². The van der Waals surface area contributed by atoms with Crippen molar-refractivity contribution in [2.75, 3.05) is 0 Å². The number of imide groups is 1. The van der Waals surface area contributed by atoms with Crippen LogP contribution < -0.4 is 10.9 Å². The maximum absolute atomic E-state index is 13.9. The quantitative estimate of drug-likeness (QED) is 0.806. The predicted molar refractivity (Wildman–Crippen MR) is 81.3 cm³/mol. The lowest BCUT2D eigenvalue weighted by atomic mass is 9.94. The minimum Gasteiger partial charge on any atom is -0.294 e. The Balaban J connectivity index is 2.29. The van der Waals surface area contributed by atoms with E-state index in [9.17, 15) is 18.8 Å². The van der Waals surface area contributed by atoms with Gasteiger partial charge >= 0.3 is 0 Å². The molecule has 120 valence electrons.